The first-order chi connectivity index (χ1) is 16.8. The molecular weight excluding hydrogens is 446 g/mol. The molecule has 1 atom stereocenters. The van der Waals surface area contributed by atoms with E-state index in [4.69, 9.17) is 4.74 Å². The number of nitrogens with zero attached hydrogens (tertiary/aromatic N) is 4. The van der Waals surface area contributed by atoms with Gasteiger partial charge in [-0.25, -0.2) is 4.79 Å². The summed E-state index contributed by atoms with van der Waals surface area (Å²) in [5.74, 6) is 1.08. The average Bonchev–Trinajstić information content (AvgIpc) is 3.21. The summed E-state index contributed by atoms with van der Waals surface area (Å²) in [7, 11) is 3.01. The molecule has 2 aromatic carbocycles. The Balaban J connectivity index is 1.60. The number of ether oxygens (including phenoxy) is 1. The lowest BCUT2D eigenvalue weighted by Crippen LogP contribution is -2.38. The van der Waals surface area contributed by atoms with E-state index >= 15 is 0 Å². The fourth-order valence-electron chi connectivity index (χ4n) is 3.98. The molecule has 0 spiro atoms. The van der Waals surface area contributed by atoms with Crippen LogP contribution in [0.15, 0.2) is 58.1 Å². The number of hydrogen-bond acceptors (Lipinski definition) is 6. The number of nitrogens with one attached hydrogen (secondary N) is 1. The minimum atomic E-state index is -0.911. The number of aliphatic hydroxyl groups excluding tert-OH is 1. The van der Waals surface area contributed by atoms with Crippen LogP contribution in [-0.2, 0) is 27.1 Å². The van der Waals surface area contributed by atoms with Crippen LogP contribution in [0.4, 0.5) is 5.95 Å². The quantitative estimate of drug-likeness (QED) is 0.383. The van der Waals surface area contributed by atoms with Crippen molar-refractivity contribution in [2.24, 2.45) is 14.1 Å². The van der Waals surface area contributed by atoms with E-state index in [9.17, 15) is 14.7 Å². The van der Waals surface area contributed by atoms with Crippen LogP contribution in [0.3, 0.4) is 0 Å². The Labute approximate surface area is 203 Å². The van der Waals surface area contributed by atoms with E-state index in [-0.39, 0.29) is 24.3 Å². The van der Waals surface area contributed by atoms with Crippen LogP contribution < -0.4 is 21.3 Å². The molecule has 0 fully saturated rings. The number of benzene rings is 2. The van der Waals surface area contributed by atoms with Gasteiger partial charge in [-0.3, -0.25) is 13.9 Å². The van der Waals surface area contributed by atoms with Gasteiger partial charge < -0.3 is 19.7 Å². The summed E-state index contributed by atoms with van der Waals surface area (Å²) in [4.78, 5) is 30.0. The second-order valence-corrected chi connectivity index (χ2v) is 8.80. The standard InChI is InChI=1S/C26H31N5O4/c1-17-10-11-21(14-18(17)2)35-16-20(32)15-31-22-23(29(3)26(34)30(4)24(22)33)28-25(31)27-13-12-19-8-6-5-7-9-19/h5-11,14,20,32H,12-13,15-16H2,1-4H3,(H,27,28). The first-order valence-corrected chi connectivity index (χ1v) is 11.6. The number of fused-ring (bicyclic) bond motifs is 1. The van der Waals surface area contributed by atoms with Gasteiger partial charge in [-0.1, -0.05) is 36.4 Å². The maximum absolute atomic E-state index is 13.0. The van der Waals surface area contributed by atoms with E-state index < -0.39 is 17.4 Å². The highest BCUT2D eigenvalue weighted by Gasteiger charge is 2.21. The van der Waals surface area contributed by atoms with Crippen LogP contribution in [0.2, 0.25) is 0 Å². The van der Waals surface area contributed by atoms with Crippen molar-refractivity contribution in [1.29, 1.82) is 0 Å². The third-order valence-electron chi connectivity index (χ3n) is 6.20. The minimum absolute atomic E-state index is 0.0394. The maximum Gasteiger partial charge on any atom is 0.332 e. The molecule has 35 heavy (non-hydrogen) atoms. The Morgan fingerprint density at radius 1 is 1.03 bits per heavy atom. The van der Waals surface area contributed by atoms with Gasteiger partial charge in [0.1, 0.15) is 18.5 Å². The lowest BCUT2D eigenvalue weighted by atomic mass is 10.1. The molecule has 4 rings (SSSR count). The predicted octanol–water partition coefficient (Wildman–Crippen LogP) is 2.15. The minimum Gasteiger partial charge on any atom is -0.491 e. The largest absolute Gasteiger partial charge is 0.491 e. The van der Waals surface area contributed by atoms with Gasteiger partial charge in [-0.05, 0) is 49.1 Å². The molecule has 2 heterocycles. The summed E-state index contributed by atoms with van der Waals surface area (Å²) in [6, 6.07) is 15.8. The molecule has 1 unspecified atom stereocenters. The molecule has 9 heteroatoms. The molecule has 2 N–H and O–H groups in total. The lowest BCUT2D eigenvalue weighted by Gasteiger charge is -2.16. The van der Waals surface area contributed by atoms with Crippen molar-refractivity contribution in [3.05, 3.63) is 86.1 Å². The normalized spacial score (nSPS) is 12.1. The molecule has 0 aliphatic rings. The molecule has 0 aliphatic heterocycles. The predicted molar refractivity (Wildman–Crippen MR) is 136 cm³/mol. The Hall–Kier alpha value is -3.85. The molecule has 0 saturated heterocycles. The highest BCUT2D eigenvalue weighted by molar-refractivity contribution is 5.74. The summed E-state index contributed by atoms with van der Waals surface area (Å²) in [6.07, 6.45) is -0.162. The van der Waals surface area contributed by atoms with E-state index in [2.05, 4.69) is 10.3 Å². The molecule has 0 bridgehead atoms. The Kier molecular flexibility index (Phi) is 7.07. The molecule has 184 valence electrons. The van der Waals surface area contributed by atoms with Gasteiger partial charge in [0.2, 0.25) is 5.95 Å². The van der Waals surface area contributed by atoms with Crippen LogP contribution in [-0.4, -0.2) is 43.0 Å². The SMILES string of the molecule is Cc1ccc(OCC(O)Cn2c(NCCc3ccccc3)nc3c2c(=O)n(C)c(=O)n3C)cc1C. The van der Waals surface area contributed by atoms with Crippen molar-refractivity contribution in [3.63, 3.8) is 0 Å². The van der Waals surface area contributed by atoms with Gasteiger partial charge in [0.25, 0.3) is 5.56 Å². The Morgan fingerprint density at radius 3 is 2.49 bits per heavy atom. The number of aryl methyl sites for hydroxylation is 3. The second-order valence-electron chi connectivity index (χ2n) is 8.80. The summed E-state index contributed by atoms with van der Waals surface area (Å²) >= 11 is 0. The van der Waals surface area contributed by atoms with Crippen LogP contribution in [0.1, 0.15) is 16.7 Å². The Morgan fingerprint density at radius 2 is 1.77 bits per heavy atom. The van der Waals surface area contributed by atoms with Crippen molar-refractivity contribution >= 4 is 17.1 Å². The second kappa shape index (κ2) is 10.2. The zero-order valence-corrected chi connectivity index (χ0v) is 20.5. The average molecular weight is 478 g/mol. The zero-order valence-electron chi connectivity index (χ0n) is 20.5. The van der Waals surface area contributed by atoms with Crippen molar-refractivity contribution in [3.8, 4) is 5.75 Å². The Bertz CT molecular complexity index is 1450. The van der Waals surface area contributed by atoms with Crippen LogP contribution >= 0.6 is 0 Å². The summed E-state index contributed by atoms with van der Waals surface area (Å²) < 4.78 is 9.82. The van der Waals surface area contributed by atoms with Gasteiger partial charge in [-0.15, -0.1) is 0 Å². The van der Waals surface area contributed by atoms with E-state index in [1.807, 2.05) is 62.4 Å². The third kappa shape index (κ3) is 5.14. The van der Waals surface area contributed by atoms with Crippen molar-refractivity contribution in [2.45, 2.75) is 32.9 Å². The summed E-state index contributed by atoms with van der Waals surface area (Å²) in [5.41, 5.74) is 3.02. The number of rotatable bonds is 9. The molecule has 0 aliphatic carbocycles. The van der Waals surface area contributed by atoms with Crippen LogP contribution in [0.5, 0.6) is 5.75 Å². The van der Waals surface area contributed by atoms with E-state index in [1.54, 1.807) is 11.6 Å². The topological polar surface area (TPSA) is 103 Å². The van der Waals surface area contributed by atoms with Gasteiger partial charge >= 0.3 is 5.69 Å². The smallest absolute Gasteiger partial charge is 0.332 e. The van der Waals surface area contributed by atoms with Gasteiger partial charge in [0.05, 0.1) is 6.54 Å². The fourth-order valence-corrected chi connectivity index (χ4v) is 3.98. The summed E-state index contributed by atoms with van der Waals surface area (Å²) in [5, 5.41) is 14.1. The highest BCUT2D eigenvalue weighted by Crippen LogP contribution is 2.19. The number of aliphatic hydroxyl groups is 1. The molecule has 9 nitrogen and oxygen atoms in total. The number of aromatic nitrogens is 4. The van der Waals surface area contributed by atoms with Gasteiger partial charge in [0.15, 0.2) is 11.2 Å². The van der Waals surface area contributed by atoms with Crippen molar-refractivity contribution in [1.82, 2.24) is 18.7 Å². The van der Waals surface area contributed by atoms with Crippen LogP contribution in [0, 0.1) is 13.8 Å². The molecule has 2 aromatic heterocycles. The maximum atomic E-state index is 13.0. The number of imidazole rings is 1. The third-order valence-corrected chi connectivity index (χ3v) is 6.20. The van der Waals surface area contributed by atoms with E-state index in [0.717, 1.165) is 27.7 Å². The molecule has 4 aromatic rings. The van der Waals surface area contributed by atoms with Crippen molar-refractivity contribution < 1.29 is 9.84 Å². The monoisotopic (exact) mass is 477 g/mol. The first-order valence-electron chi connectivity index (χ1n) is 11.6. The molecule has 0 amide bonds. The van der Waals surface area contributed by atoms with Crippen LogP contribution in [0.25, 0.3) is 11.2 Å². The zero-order chi connectivity index (χ0) is 25.1. The highest BCUT2D eigenvalue weighted by atomic mass is 16.5. The first kappa shape index (κ1) is 24.3. The van der Waals surface area contributed by atoms with E-state index in [1.165, 1.54) is 11.6 Å². The molecule has 0 saturated carbocycles. The molecular formula is C26H31N5O4. The number of hydrogen-bond donors (Lipinski definition) is 2. The fraction of sp³-hybridized carbons (Fsp3) is 0.346. The van der Waals surface area contributed by atoms with Gasteiger partial charge in [-0.2, -0.15) is 4.98 Å². The molecule has 0 radical (unpaired) electrons. The van der Waals surface area contributed by atoms with Gasteiger partial charge in [0, 0.05) is 20.6 Å². The van der Waals surface area contributed by atoms with Crippen molar-refractivity contribution in [2.75, 3.05) is 18.5 Å². The lowest BCUT2D eigenvalue weighted by molar-refractivity contribution is 0.0938. The van der Waals surface area contributed by atoms with E-state index in [0.29, 0.717) is 18.2 Å². The summed E-state index contributed by atoms with van der Waals surface area (Å²) in [6.45, 7) is 4.71. The number of anilines is 1.